The molecule has 2 heterocycles. The molecule has 1 unspecified atom stereocenters. The second-order valence-corrected chi connectivity index (χ2v) is 6.96. The summed E-state index contributed by atoms with van der Waals surface area (Å²) in [4.78, 5) is 11.1. The number of hydrogen-bond acceptors (Lipinski definition) is 5. The highest BCUT2D eigenvalue weighted by molar-refractivity contribution is 14.0. The molecule has 2 aromatic rings. The number of halogens is 1. The Morgan fingerprint density at radius 3 is 2.62 bits per heavy atom. The molecule has 1 saturated heterocycles. The number of hydrogen-bond donors (Lipinski definition) is 2. The fraction of sp³-hybridized carbons (Fsp3) is 0.550. The van der Waals surface area contributed by atoms with E-state index in [9.17, 15) is 0 Å². The van der Waals surface area contributed by atoms with Crippen molar-refractivity contribution in [2.45, 2.75) is 31.8 Å². The third kappa shape index (κ3) is 6.30. The predicted molar refractivity (Wildman–Crippen MR) is 126 cm³/mol. The lowest BCUT2D eigenvalue weighted by Gasteiger charge is -2.35. The number of nitrogens with one attached hydrogen (secondary N) is 2. The van der Waals surface area contributed by atoms with Gasteiger partial charge in [-0.2, -0.15) is 5.10 Å². The number of guanidine groups is 1. The van der Waals surface area contributed by atoms with E-state index in [1.54, 1.807) is 25.2 Å². The molecule has 160 valence electrons. The minimum Gasteiger partial charge on any atom is -0.496 e. The van der Waals surface area contributed by atoms with Crippen LogP contribution in [0.1, 0.15) is 36.7 Å². The Balaban J connectivity index is 0.00000300. The van der Waals surface area contributed by atoms with Gasteiger partial charge in [-0.25, -0.2) is 4.98 Å². The summed E-state index contributed by atoms with van der Waals surface area (Å²) in [5, 5.41) is 10.9. The fourth-order valence-corrected chi connectivity index (χ4v) is 3.66. The van der Waals surface area contributed by atoms with Gasteiger partial charge in [0.05, 0.1) is 19.7 Å². The summed E-state index contributed by atoms with van der Waals surface area (Å²) in [6.07, 6.45) is 5.35. The normalized spacial score (nSPS) is 16.0. The first kappa shape index (κ1) is 23.4. The van der Waals surface area contributed by atoms with Crippen LogP contribution in [0.3, 0.4) is 0 Å². The van der Waals surface area contributed by atoms with Gasteiger partial charge in [-0.3, -0.25) is 14.6 Å². The van der Waals surface area contributed by atoms with Crippen molar-refractivity contribution in [3.63, 3.8) is 0 Å². The molecule has 0 radical (unpaired) electrons. The van der Waals surface area contributed by atoms with Gasteiger partial charge in [0.2, 0.25) is 0 Å². The third-order valence-corrected chi connectivity index (χ3v) is 5.23. The molecule has 29 heavy (non-hydrogen) atoms. The number of methoxy groups -OCH3 is 1. The first-order valence-corrected chi connectivity index (χ1v) is 9.87. The van der Waals surface area contributed by atoms with E-state index in [0.717, 1.165) is 37.2 Å². The summed E-state index contributed by atoms with van der Waals surface area (Å²) >= 11 is 0. The molecule has 0 bridgehead atoms. The van der Waals surface area contributed by atoms with Gasteiger partial charge in [0.25, 0.3) is 0 Å². The number of aryl methyl sites for hydroxylation is 1. The molecule has 0 spiro atoms. The van der Waals surface area contributed by atoms with Crippen LogP contribution < -0.4 is 15.4 Å². The van der Waals surface area contributed by atoms with Crippen molar-refractivity contribution < 1.29 is 4.74 Å². The van der Waals surface area contributed by atoms with E-state index >= 15 is 0 Å². The standard InChI is InChI=1S/C20H31N7O.HI/c1-21-20(23-14-19-24-15-25-26(19)2)22-13-17(27-11-7-4-8-12-27)16-9-5-6-10-18(16)28-3;/h5-6,9-10,15,17H,4,7-8,11-14H2,1-3H3,(H2,21,22,23);1H. The molecule has 2 N–H and O–H groups in total. The lowest BCUT2D eigenvalue weighted by Crippen LogP contribution is -2.44. The van der Waals surface area contributed by atoms with E-state index in [4.69, 9.17) is 4.74 Å². The van der Waals surface area contributed by atoms with Gasteiger partial charge in [0.15, 0.2) is 5.96 Å². The molecule has 1 aliphatic heterocycles. The molecular weight excluding hydrogens is 481 g/mol. The lowest BCUT2D eigenvalue weighted by molar-refractivity contribution is 0.161. The third-order valence-electron chi connectivity index (χ3n) is 5.23. The molecule has 1 fully saturated rings. The molecule has 8 nitrogen and oxygen atoms in total. The van der Waals surface area contributed by atoms with Crippen LogP contribution in [-0.2, 0) is 13.6 Å². The maximum Gasteiger partial charge on any atom is 0.191 e. The number of piperidine rings is 1. The van der Waals surface area contributed by atoms with Gasteiger partial charge < -0.3 is 15.4 Å². The van der Waals surface area contributed by atoms with Crippen LogP contribution in [0.5, 0.6) is 5.75 Å². The number of para-hydroxylation sites is 1. The van der Waals surface area contributed by atoms with Gasteiger partial charge >= 0.3 is 0 Å². The zero-order valence-corrected chi connectivity index (χ0v) is 19.8. The molecular formula is C20H32IN7O. The smallest absolute Gasteiger partial charge is 0.191 e. The van der Waals surface area contributed by atoms with Gasteiger partial charge in [-0.15, -0.1) is 24.0 Å². The maximum absolute atomic E-state index is 5.64. The Labute approximate surface area is 190 Å². The average molecular weight is 513 g/mol. The molecule has 0 aliphatic carbocycles. The van der Waals surface area contributed by atoms with E-state index in [1.807, 2.05) is 19.2 Å². The Bertz CT molecular complexity index is 774. The summed E-state index contributed by atoms with van der Waals surface area (Å²) in [5.41, 5.74) is 1.21. The number of nitrogens with zero attached hydrogens (tertiary/aromatic N) is 5. The average Bonchev–Trinajstić information content (AvgIpc) is 3.16. The molecule has 0 amide bonds. The van der Waals surface area contributed by atoms with Crippen LogP contribution in [0.4, 0.5) is 0 Å². The molecule has 3 rings (SSSR count). The second-order valence-electron chi connectivity index (χ2n) is 6.96. The molecule has 0 saturated carbocycles. The highest BCUT2D eigenvalue weighted by Gasteiger charge is 2.25. The summed E-state index contributed by atoms with van der Waals surface area (Å²) in [5.74, 6) is 2.54. The highest BCUT2D eigenvalue weighted by Crippen LogP contribution is 2.30. The highest BCUT2D eigenvalue weighted by atomic mass is 127. The molecule has 9 heteroatoms. The Hall–Kier alpha value is -1.88. The van der Waals surface area contributed by atoms with Gasteiger partial charge in [-0.05, 0) is 32.0 Å². The largest absolute Gasteiger partial charge is 0.496 e. The van der Waals surface area contributed by atoms with Crippen molar-refractivity contribution in [3.8, 4) is 5.75 Å². The van der Waals surface area contributed by atoms with Crippen molar-refractivity contribution >= 4 is 29.9 Å². The zero-order chi connectivity index (χ0) is 19.8. The second kappa shape index (κ2) is 12.0. The predicted octanol–water partition coefficient (Wildman–Crippen LogP) is 2.33. The number of aliphatic imine (C=N–C) groups is 1. The maximum atomic E-state index is 5.64. The SMILES string of the molecule is CN=C(NCc1ncnn1C)NCC(c1ccccc1OC)N1CCCCC1.I. The summed E-state index contributed by atoms with van der Waals surface area (Å²) in [6.45, 7) is 3.53. The molecule has 1 aromatic heterocycles. The first-order chi connectivity index (χ1) is 13.7. The first-order valence-electron chi connectivity index (χ1n) is 9.87. The monoisotopic (exact) mass is 513 g/mol. The molecule has 1 aliphatic rings. The van der Waals surface area contributed by atoms with E-state index in [0.29, 0.717) is 6.54 Å². The fourth-order valence-electron chi connectivity index (χ4n) is 3.66. The van der Waals surface area contributed by atoms with Crippen LogP contribution in [0, 0.1) is 0 Å². The lowest BCUT2D eigenvalue weighted by atomic mass is 10.0. The minimum atomic E-state index is 0. The Morgan fingerprint density at radius 1 is 1.21 bits per heavy atom. The van der Waals surface area contributed by atoms with Crippen LogP contribution in [0.15, 0.2) is 35.6 Å². The van der Waals surface area contributed by atoms with E-state index in [1.165, 1.54) is 24.8 Å². The van der Waals surface area contributed by atoms with E-state index in [-0.39, 0.29) is 30.0 Å². The molecule has 1 aromatic carbocycles. The number of aromatic nitrogens is 3. The van der Waals surface area contributed by atoms with Crippen molar-refractivity contribution in [2.75, 3.05) is 33.8 Å². The summed E-state index contributed by atoms with van der Waals surface area (Å²) in [7, 11) is 5.40. The number of likely N-dealkylation sites (tertiary alicyclic amines) is 1. The van der Waals surface area contributed by atoms with Crippen LogP contribution in [0.2, 0.25) is 0 Å². The Morgan fingerprint density at radius 2 is 1.97 bits per heavy atom. The van der Waals surface area contributed by atoms with Gasteiger partial charge in [0.1, 0.15) is 17.9 Å². The number of benzene rings is 1. The quantitative estimate of drug-likeness (QED) is 0.336. The van der Waals surface area contributed by atoms with Crippen molar-refractivity contribution in [1.29, 1.82) is 0 Å². The topological polar surface area (TPSA) is 79.6 Å². The van der Waals surface area contributed by atoms with Crippen LogP contribution in [-0.4, -0.2) is 59.4 Å². The van der Waals surface area contributed by atoms with Crippen molar-refractivity contribution in [3.05, 3.63) is 42.0 Å². The van der Waals surface area contributed by atoms with Gasteiger partial charge in [0, 0.05) is 26.2 Å². The minimum absolute atomic E-state index is 0. The number of rotatable bonds is 7. The van der Waals surface area contributed by atoms with Gasteiger partial charge in [-0.1, -0.05) is 24.6 Å². The van der Waals surface area contributed by atoms with E-state index in [2.05, 4.69) is 42.7 Å². The molecule has 1 atom stereocenters. The van der Waals surface area contributed by atoms with E-state index < -0.39 is 0 Å². The van der Waals surface area contributed by atoms with Crippen LogP contribution >= 0.6 is 24.0 Å². The zero-order valence-electron chi connectivity index (χ0n) is 17.5. The Kier molecular flexibility index (Phi) is 9.65. The van der Waals surface area contributed by atoms with Crippen molar-refractivity contribution in [2.24, 2.45) is 12.0 Å². The van der Waals surface area contributed by atoms with Crippen molar-refractivity contribution in [1.82, 2.24) is 30.3 Å². The van der Waals surface area contributed by atoms with Crippen LogP contribution in [0.25, 0.3) is 0 Å². The summed E-state index contributed by atoms with van der Waals surface area (Å²) < 4.78 is 7.40. The number of ether oxygens (including phenoxy) is 1. The summed E-state index contributed by atoms with van der Waals surface area (Å²) in [6, 6.07) is 8.52.